The van der Waals surface area contributed by atoms with Gasteiger partial charge in [0.2, 0.25) is 0 Å². The van der Waals surface area contributed by atoms with E-state index in [1.807, 2.05) is 5.82 Å². The van der Waals surface area contributed by atoms with Crippen molar-refractivity contribution < 1.29 is 9.53 Å². The zero-order valence-electron chi connectivity index (χ0n) is 6.29. The summed E-state index contributed by atoms with van der Waals surface area (Å²) in [4.78, 5) is 10.8. The number of nitrogens with two attached hydrogens (primary N) is 1. The molecule has 0 rings (SSSR count). The molecule has 0 bridgehead atoms. The Labute approximate surface area is 67.5 Å². The second kappa shape index (κ2) is 5.71. The van der Waals surface area contributed by atoms with Crippen LogP contribution in [0.5, 0.6) is 0 Å². The molecular weight excluding hydrogens is 197 g/mol. The Morgan fingerprint density at radius 3 is 2.80 bits per heavy atom. The second-order valence-corrected chi connectivity index (χ2v) is 3.72. The van der Waals surface area contributed by atoms with Crippen molar-refractivity contribution in [2.24, 2.45) is 5.73 Å². The molecule has 0 radical (unpaired) electrons. The van der Waals surface area contributed by atoms with E-state index in [2.05, 4.69) is 0 Å². The van der Waals surface area contributed by atoms with Crippen LogP contribution in [-0.2, 0) is 9.53 Å². The normalized spacial score (nSPS) is 12.7. The first-order valence-electron chi connectivity index (χ1n) is 3.13. The summed E-state index contributed by atoms with van der Waals surface area (Å²) >= 11 is 0.451. The molecule has 0 aliphatic carbocycles. The Morgan fingerprint density at radius 1 is 1.80 bits per heavy atom. The SMILES string of the molecule is CCOC(=O)C(N)C[Se]C. The van der Waals surface area contributed by atoms with E-state index in [0.29, 0.717) is 21.6 Å². The first-order chi connectivity index (χ1) is 4.72. The van der Waals surface area contributed by atoms with Crippen molar-refractivity contribution in [3.05, 3.63) is 0 Å². The summed E-state index contributed by atoms with van der Waals surface area (Å²) in [6.07, 6.45) is 0. The summed E-state index contributed by atoms with van der Waals surface area (Å²) in [5.41, 5.74) is 5.45. The Morgan fingerprint density at radius 2 is 2.40 bits per heavy atom. The van der Waals surface area contributed by atoms with Gasteiger partial charge in [0.25, 0.3) is 0 Å². The summed E-state index contributed by atoms with van der Waals surface area (Å²) in [6.45, 7) is 2.20. The molecule has 0 saturated heterocycles. The van der Waals surface area contributed by atoms with E-state index in [1.165, 1.54) is 0 Å². The van der Waals surface area contributed by atoms with E-state index in [1.54, 1.807) is 6.92 Å². The molecule has 4 heteroatoms. The van der Waals surface area contributed by atoms with Crippen LogP contribution in [-0.4, -0.2) is 33.6 Å². The first-order valence-corrected chi connectivity index (χ1v) is 6.06. The Balaban J connectivity index is 3.49. The number of esters is 1. The third-order valence-corrected chi connectivity index (χ3v) is 2.39. The maximum absolute atomic E-state index is 10.8. The van der Waals surface area contributed by atoms with E-state index in [0.717, 1.165) is 5.32 Å². The molecule has 0 aliphatic rings. The van der Waals surface area contributed by atoms with Gasteiger partial charge in [-0.3, -0.25) is 0 Å². The molecule has 0 heterocycles. The van der Waals surface area contributed by atoms with Crippen LogP contribution in [0.2, 0.25) is 11.1 Å². The van der Waals surface area contributed by atoms with Gasteiger partial charge >= 0.3 is 66.9 Å². The van der Waals surface area contributed by atoms with Crippen LogP contribution in [0, 0.1) is 0 Å². The molecule has 0 amide bonds. The molecule has 1 unspecified atom stereocenters. The molecule has 2 N–H and O–H groups in total. The average Bonchev–Trinajstić information content (AvgIpc) is 1.89. The van der Waals surface area contributed by atoms with Crippen LogP contribution in [0.1, 0.15) is 6.92 Å². The summed E-state index contributed by atoms with van der Waals surface area (Å²) in [6, 6.07) is -0.398. The topological polar surface area (TPSA) is 52.3 Å². The van der Waals surface area contributed by atoms with Crippen LogP contribution in [0.3, 0.4) is 0 Å². The fourth-order valence-electron chi connectivity index (χ4n) is 0.497. The zero-order chi connectivity index (χ0) is 7.98. The van der Waals surface area contributed by atoms with Gasteiger partial charge in [-0.25, -0.2) is 0 Å². The van der Waals surface area contributed by atoms with Gasteiger partial charge in [0, 0.05) is 0 Å². The molecule has 0 spiro atoms. The van der Waals surface area contributed by atoms with Crippen LogP contribution >= 0.6 is 0 Å². The first kappa shape index (κ1) is 9.95. The quantitative estimate of drug-likeness (QED) is 0.526. The molecule has 0 saturated carbocycles. The van der Waals surface area contributed by atoms with Crippen LogP contribution in [0.15, 0.2) is 0 Å². The monoisotopic (exact) mass is 211 g/mol. The van der Waals surface area contributed by atoms with Gasteiger partial charge in [-0.05, 0) is 0 Å². The molecule has 60 valence electrons. The van der Waals surface area contributed by atoms with Crippen molar-refractivity contribution in [1.29, 1.82) is 0 Å². The summed E-state index contributed by atoms with van der Waals surface area (Å²) in [5.74, 6) is 1.78. The maximum atomic E-state index is 10.8. The van der Waals surface area contributed by atoms with E-state index < -0.39 is 6.04 Å². The van der Waals surface area contributed by atoms with Gasteiger partial charge in [0.05, 0.1) is 0 Å². The van der Waals surface area contributed by atoms with Crippen molar-refractivity contribution >= 4 is 20.9 Å². The molecule has 3 nitrogen and oxygen atoms in total. The fourth-order valence-corrected chi connectivity index (χ4v) is 1.54. The minimum absolute atomic E-state index is 0.272. The molecule has 0 aromatic carbocycles. The number of hydrogen-bond donors (Lipinski definition) is 1. The molecule has 0 aromatic heterocycles. The van der Waals surface area contributed by atoms with Gasteiger partial charge in [-0.1, -0.05) is 0 Å². The minimum atomic E-state index is -0.398. The van der Waals surface area contributed by atoms with Crippen molar-refractivity contribution in [3.8, 4) is 0 Å². The Bertz CT molecular complexity index is 108. The van der Waals surface area contributed by atoms with Gasteiger partial charge in [0.1, 0.15) is 0 Å². The number of hydrogen-bond acceptors (Lipinski definition) is 3. The van der Waals surface area contributed by atoms with E-state index in [-0.39, 0.29) is 5.97 Å². The van der Waals surface area contributed by atoms with E-state index >= 15 is 0 Å². The number of carbonyl (C=O) groups is 1. The number of carbonyl (C=O) groups excluding carboxylic acids is 1. The Hall–Kier alpha value is -0.0505. The molecule has 1 atom stereocenters. The van der Waals surface area contributed by atoms with Crippen LogP contribution in [0.25, 0.3) is 0 Å². The molecule has 10 heavy (non-hydrogen) atoms. The third-order valence-electron chi connectivity index (χ3n) is 0.936. The predicted molar refractivity (Wildman–Crippen MR) is 41.0 cm³/mol. The summed E-state index contributed by atoms with van der Waals surface area (Å²) in [7, 11) is 0. The van der Waals surface area contributed by atoms with Crippen molar-refractivity contribution in [1.82, 2.24) is 0 Å². The van der Waals surface area contributed by atoms with Gasteiger partial charge in [-0.2, -0.15) is 0 Å². The standard InChI is InChI=1S/C6H13NO2Se/c1-3-9-6(8)5(7)4-10-2/h5H,3-4,7H2,1-2H3. The average molecular weight is 210 g/mol. The van der Waals surface area contributed by atoms with Crippen molar-refractivity contribution in [2.75, 3.05) is 6.61 Å². The van der Waals surface area contributed by atoms with Gasteiger partial charge in [0.15, 0.2) is 0 Å². The second-order valence-electron chi connectivity index (χ2n) is 1.81. The Kier molecular flexibility index (Phi) is 5.68. The zero-order valence-corrected chi connectivity index (χ0v) is 8.01. The van der Waals surface area contributed by atoms with Crippen LogP contribution < -0.4 is 5.73 Å². The number of rotatable bonds is 4. The summed E-state index contributed by atoms with van der Waals surface area (Å²) < 4.78 is 4.70. The third kappa shape index (κ3) is 3.88. The summed E-state index contributed by atoms with van der Waals surface area (Å²) in [5, 5.41) is 0.770. The fraction of sp³-hybridized carbons (Fsp3) is 0.833. The van der Waals surface area contributed by atoms with Crippen molar-refractivity contribution in [3.63, 3.8) is 0 Å². The van der Waals surface area contributed by atoms with Crippen LogP contribution in [0.4, 0.5) is 0 Å². The molecule has 0 fully saturated rings. The predicted octanol–water partition coefficient (Wildman–Crippen LogP) is 0.0474. The van der Waals surface area contributed by atoms with Gasteiger partial charge < -0.3 is 0 Å². The molecule has 0 aromatic rings. The van der Waals surface area contributed by atoms with Gasteiger partial charge in [-0.15, -0.1) is 0 Å². The number of ether oxygens (including phenoxy) is 1. The van der Waals surface area contributed by atoms with E-state index in [4.69, 9.17) is 10.5 Å². The molecule has 0 aliphatic heterocycles. The molecular formula is C6H13NO2Se. The van der Waals surface area contributed by atoms with Crippen molar-refractivity contribution in [2.45, 2.75) is 24.1 Å². The van der Waals surface area contributed by atoms with E-state index in [9.17, 15) is 4.79 Å².